The van der Waals surface area contributed by atoms with Gasteiger partial charge in [-0.15, -0.1) is 0 Å². The first kappa shape index (κ1) is 20.2. The van der Waals surface area contributed by atoms with Crippen molar-refractivity contribution in [2.24, 2.45) is 0 Å². The number of halogens is 3. The van der Waals surface area contributed by atoms with Crippen LogP contribution in [0.4, 0.5) is 13.2 Å². The third-order valence-electron chi connectivity index (χ3n) is 4.99. The molecule has 1 amide bonds. The first-order valence-corrected chi connectivity index (χ1v) is 9.20. The van der Waals surface area contributed by atoms with Crippen LogP contribution in [0.3, 0.4) is 0 Å². The SMILES string of the molecule is C[C@@H]1CN(C(=O)COc2c(F)cccc2F)[C@@H](C)CN1Cc1ccc(F)cc1. The van der Waals surface area contributed by atoms with Crippen LogP contribution in [0.2, 0.25) is 0 Å². The number of carbonyl (C=O) groups is 1. The van der Waals surface area contributed by atoms with Crippen molar-refractivity contribution < 1.29 is 22.7 Å². The van der Waals surface area contributed by atoms with E-state index in [-0.39, 0.29) is 23.8 Å². The van der Waals surface area contributed by atoms with Crippen molar-refractivity contribution in [3.63, 3.8) is 0 Å². The molecule has 2 atom stereocenters. The van der Waals surface area contributed by atoms with E-state index >= 15 is 0 Å². The molecule has 0 bridgehead atoms. The van der Waals surface area contributed by atoms with Gasteiger partial charge in [-0.2, -0.15) is 0 Å². The summed E-state index contributed by atoms with van der Waals surface area (Å²) in [6.45, 7) is 5.28. The summed E-state index contributed by atoms with van der Waals surface area (Å²) >= 11 is 0. The molecule has 0 aromatic heterocycles. The van der Waals surface area contributed by atoms with E-state index in [9.17, 15) is 18.0 Å². The molecule has 3 rings (SSSR count). The lowest BCUT2D eigenvalue weighted by molar-refractivity contribution is -0.139. The van der Waals surface area contributed by atoms with Crippen molar-refractivity contribution in [1.82, 2.24) is 9.80 Å². The summed E-state index contributed by atoms with van der Waals surface area (Å²) in [5.74, 6) is -2.79. The highest BCUT2D eigenvalue weighted by Crippen LogP contribution is 2.22. The highest BCUT2D eigenvalue weighted by molar-refractivity contribution is 5.78. The van der Waals surface area contributed by atoms with Crippen LogP contribution in [0, 0.1) is 17.5 Å². The smallest absolute Gasteiger partial charge is 0.260 e. The fourth-order valence-corrected chi connectivity index (χ4v) is 3.43. The minimum atomic E-state index is -0.835. The van der Waals surface area contributed by atoms with Gasteiger partial charge in [0, 0.05) is 31.7 Å². The number of nitrogens with zero attached hydrogens (tertiary/aromatic N) is 2. The molecule has 0 unspecified atom stereocenters. The number of ether oxygens (including phenoxy) is 1. The number of rotatable bonds is 5. The normalized spacial score (nSPS) is 20.2. The van der Waals surface area contributed by atoms with Crippen LogP contribution in [0.25, 0.3) is 0 Å². The molecule has 150 valence electrons. The molecule has 28 heavy (non-hydrogen) atoms. The van der Waals surface area contributed by atoms with E-state index in [1.54, 1.807) is 17.0 Å². The Morgan fingerprint density at radius 1 is 1.00 bits per heavy atom. The predicted octanol–water partition coefficient (Wildman–Crippen LogP) is 3.60. The monoisotopic (exact) mass is 392 g/mol. The lowest BCUT2D eigenvalue weighted by Gasteiger charge is -2.44. The second kappa shape index (κ2) is 8.65. The van der Waals surface area contributed by atoms with Gasteiger partial charge in [0.15, 0.2) is 24.0 Å². The van der Waals surface area contributed by atoms with Crippen LogP contribution in [0.5, 0.6) is 5.75 Å². The van der Waals surface area contributed by atoms with Crippen LogP contribution in [-0.2, 0) is 11.3 Å². The quantitative estimate of drug-likeness (QED) is 0.780. The molecular formula is C21H23F3N2O2. The minimum absolute atomic E-state index is 0.0791. The summed E-state index contributed by atoms with van der Waals surface area (Å²) in [6, 6.07) is 9.77. The summed E-state index contributed by atoms with van der Waals surface area (Å²) in [5.41, 5.74) is 0.999. The van der Waals surface area contributed by atoms with Gasteiger partial charge in [0.1, 0.15) is 5.82 Å². The van der Waals surface area contributed by atoms with Gasteiger partial charge in [-0.05, 0) is 43.7 Å². The second-order valence-electron chi connectivity index (χ2n) is 7.14. The van der Waals surface area contributed by atoms with E-state index in [1.165, 1.54) is 18.2 Å². The maximum atomic E-state index is 13.6. The summed E-state index contributed by atoms with van der Waals surface area (Å²) in [5, 5.41) is 0. The molecule has 0 aliphatic carbocycles. The Balaban J connectivity index is 1.58. The lowest BCUT2D eigenvalue weighted by atomic mass is 10.1. The van der Waals surface area contributed by atoms with Crippen molar-refractivity contribution in [1.29, 1.82) is 0 Å². The average Bonchev–Trinajstić information content (AvgIpc) is 2.65. The molecular weight excluding hydrogens is 369 g/mol. The molecule has 0 radical (unpaired) electrons. The summed E-state index contributed by atoms with van der Waals surface area (Å²) in [6.07, 6.45) is 0. The zero-order chi connectivity index (χ0) is 20.3. The molecule has 1 fully saturated rings. The van der Waals surface area contributed by atoms with Crippen molar-refractivity contribution in [3.05, 3.63) is 65.5 Å². The Kier molecular flexibility index (Phi) is 6.24. The molecule has 2 aromatic rings. The molecule has 0 N–H and O–H groups in total. The summed E-state index contributed by atoms with van der Waals surface area (Å²) in [7, 11) is 0. The highest BCUT2D eigenvalue weighted by atomic mass is 19.1. The van der Waals surface area contributed by atoms with Crippen LogP contribution in [0.1, 0.15) is 19.4 Å². The number of hydrogen-bond acceptors (Lipinski definition) is 3. The van der Waals surface area contributed by atoms with Crippen LogP contribution in [-0.4, -0.2) is 47.5 Å². The number of amides is 1. The second-order valence-corrected chi connectivity index (χ2v) is 7.14. The molecule has 1 saturated heterocycles. The van der Waals surface area contributed by atoms with Gasteiger partial charge in [-0.1, -0.05) is 18.2 Å². The number of benzene rings is 2. The van der Waals surface area contributed by atoms with Crippen molar-refractivity contribution in [2.45, 2.75) is 32.5 Å². The van der Waals surface area contributed by atoms with Crippen LogP contribution in [0.15, 0.2) is 42.5 Å². The van der Waals surface area contributed by atoms with Crippen molar-refractivity contribution in [3.8, 4) is 5.75 Å². The van der Waals surface area contributed by atoms with Gasteiger partial charge in [0.25, 0.3) is 5.91 Å². The fraction of sp³-hybridized carbons (Fsp3) is 0.381. The van der Waals surface area contributed by atoms with Gasteiger partial charge in [0.05, 0.1) is 0 Å². The number of carbonyl (C=O) groups excluding carboxylic acids is 1. The topological polar surface area (TPSA) is 32.8 Å². The highest BCUT2D eigenvalue weighted by Gasteiger charge is 2.32. The molecule has 2 aromatic carbocycles. The molecule has 4 nitrogen and oxygen atoms in total. The predicted molar refractivity (Wildman–Crippen MR) is 99.3 cm³/mol. The first-order valence-electron chi connectivity index (χ1n) is 9.20. The van der Waals surface area contributed by atoms with E-state index in [4.69, 9.17) is 4.74 Å². The zero-order valence-electron chi connectivity index (χ0n) is 15.9. The Labute approximate surface area is 162 Å². The molecule has 0 saturated carbocycles. The number of para-hydroxylation sites is 1. The Morgan fingerprint density at radius 2 is 1.64 bits per heavy atom. The summed E-state index contributed by atoms with van der Waals surface area (Å²) in [4.78, 5) is 16.4. The van der Waals surface area contributed by atoms with Gasteiger partial charge < -0.3 is 9.64 Å². The molecule has 1 aliphatic rings. The van der Waals surface area contributed by atoms with E-state index in [1.807, 2.05) is 13.8 Å². The third kappa shape index (κ3) is 4.65. The maximum Gasteiger partial charge on any atom is 0.260 e. The Hall–Kier alpha value is -2.54. The van der Waals surface area contributed by atoms with Gasteiger partial charge in [0.2, 0.25) is 0 Å². The average molecular weight is 392 g/mol. The molecule has 7 heteroatoms. The van der Waals surface area contributed by atoms with Gasteiger partial charge >= 0.3 is 0 Å². The van der Waals surface area contributed by atoms with Crippen LogP contribution < -0.4 is 4.74 Å². The van der Waals surface area contributed by atoms with Crippen molar-refractivity contribution in [2.75, 3.05) is 19.7 Å². The lowest BCUT2D eigenvalue weighted by Crippen LogP contribution is -2.58. The first-order chi connectivity index (χ1) is 13.3. The van der Waals surface area contributed by atoms with E-state index in [2.05, 4.69) is 4.90 Å². The molecule has 0 spiro atoms. The van der Waals surface area contributed by atoms with Crippen LogP contribution >= 0.6 is 0 Å². The maximum absolute atomic E-state index is 13.6. The number of hydrogen-bond donors (Lipinski definition) is 0. The largest absolute Gasteiger partial charge is 0.478 e. The zero-order valence-corrected chi connectivity index (χ0v) is 15.9. The van der Waals surface area contributed by atoms with E-state index in [0.717, 1.165) is 17.7 Å². The number of piperazine rings is 1. The third-order valence-corrected chi connectivity index (χ3v) is 4.99. The molecule has 1 heterocycles. The van der Waals surface area contributed by atoms with E-state index in [0.29, 0.717) is 19.6 Å². The van der Waals surface area contributed by atoms with Crippen molar-refractivity contribution >= 4 is 5.91 Å². The fourth-order valence-electron chi connectivity index (χ4n) is 3.43. The standard InChI is InChI=1S/C21H23F3N2O2/c1-14-11-26(20(27)13-28-21-18(23)4-3-5-19(21)24)15(2)10-25(14)12-16-6-8-17(22)9-7-16/h3-9,14-15H,10-13H2,1-2H3/t14-,15+/m1/s1. The summed E-state index contributed by atoms with van der Waals surface area (Å²) < 4.78 is 45.5. The molecule has 1 aliphatic heterocycles. The van der Waals surface area contributed by atoms with Gasteiger partial charge in [-0.3, -0.25) is 9.69 Å². The Bertz CT molecular complexity index is 809. The van der Waals surface area contributed by atoms with E-state index < -0.39 is 24.0 Å². The Morgan fingerprint density at radius 3 is 2.29 bits per heavy atom. The van der Waals surface area contributed by atoms with Gasteiger partial charge in [-0.25, -0.2) is 13.2 Å². The minimum Gasteiger partial charge on any atom is -0.478 e.